The Balaban J connectivity index is 2.01. The first-order valence-electron chi connectivity index (χ1n) is 6.58. The topological polar surface area (TPSA) is 63.9 Å². The van der Waals surface area contributed by atoms with Gasteiger partial charge in [0.2, 0.25) is 0 Å². The second-order valence-electron chi connectivity index (χ2n) is 4.74. The van der Waals surface area contributed by atoms with Crippen LogP contribution in [0.2, 0.25) is 0 Å². The summed E-state index contributed by atoms with van der Waals surface area (Å²) in [5.74, 6) is 1.80. The number of ether oxygens (including phenoxy) is 1. The largest absolute Gasteiger partial charge is 0.497 e. The monoisotopic (exact) mass is 267 g/mol. The number of H-pyrrole nitrogens is 1. The van der Waals surface area contributed by atoms with E-state index in [1.807, 2.05) is 6.07 Å². The molecule has 0 saturated heterocycles. The highest BCUT2D eigenvalue weighted by Crippen LogP contribution is 2.25. The van der Waals surface area contributed by atoms with E-state index in [1.54, 1.807) is 13.3 Å². The van der Waals surface area contributed by atoms with Crippen LogP contribution in [0.25, 0.3) is 10.8 Å². The lowest BCUT2D eigenvalue weighted by molar-refractivity contribution is 0.415. The van der Waals surface area contributed by atoms with E-state index in [4.69, 9.17) is 10.5 Å². The fraction of sp³-hybridized carbons (Fsp3) is 0.188. The number of hydrogen-bond acceptors (Lipinski definition) is 3. The van der Waals surface area contributed by atoms with Gasteiger partial charge in [0.25, 0.3) is 0 Å². The molecule has 0 bridgehead atoms. The summed E-state index contributed by atoms with van der Waals surface area (Å²) in [6, 6.07) is 12.4. The number of aromatic amines is 1. The molecule has 0 aliphatic carbocycles. The molecule has 20 heavy (non-hydrogen) atoms. The van der Waals surface area contributed by atoms with Gasteiger partial charge in [0.05, 0.1) is 7.11 Å². The summed E-state index contributed by atoms with van der Waals surface area (Å²) in [5, 5.41) is 2.39. The maximum absolute atomic E-state index is 5.60. The van der Waals surface area contributed by atoms with Gasteiger partial charge in [-0.3, -0.25) is 0 Å². The van der Waals surface area contributed by atoms with Crippen LogP contribution in [0.1, 0.15) is 17.1 Å². The lowest BCUT2D eigenvalue weighted by atomic mass is 10.0. The number of nitrogens with one attached hydrogen (secondary N) is 1. The van der Waals surface area contributed by atoms with Gasteiger partial charge in [-0.15, -0.1) is 0 Å². The minimum absolute atomic E-state index is 0.483. The van der Waals surface area contributed by atoms with Crippen LogP contribution < -0.4 is 10.5 Å². The van der Waals surface area contributed by atoms with Crippen LogP contribution in [0.5, 0.6) is 5.75 Å². The van der Waals surface area contributed by atoms with Crippen molar-refractivity contribution in [1.82, 2.24) is 9.97 Å². The molecule has 1 aromatic heterocycles. The van der Waals surface area contributed by atoms with Crippen LogP contribution in [0.4, 0.5) is 0 Å². The fourth-order valence-corrected chi connectivity index (χ4v) is 2.38. The lowest BCUT2D eigenvalue weighted by Gasteiger charge is -2.07. The second-order valence-corrected chi connectivity index (χ2v) is 4.74. The molecule has 0 aliphatic heterocycles. The van der Waals surface area contributed by atoms with Gasteiger partial charge in [-0.05, 0) is 28.5 Å². The molecule has 0 radical (unpaired) electrons. The third-order valence-electron chi connectivity index (χ3n) is 3.44. The minimum atomic E-state index is 0.483. The van der Waals surface area contributed by atoms with E-state index in [0.717, 1.165) is 23.7 Å². The molecule has 0 unspecified atom stereocenters. The van der Waals surface area contributed by atoms with E-state index in [0.29, 0.717) is 6.54 Å². The standard InChI is InChI=1S/C16H17N3O/c1-20-14-6-5-11-3-2-4-12(15(11)8-14)7-16-18-10-13(9-17)19-16/h2-6,8,10H,7,9,17H2,1H3,(H,18,19). The SMILES string of the molecule is COc1ccc2cccc(Cc3ncc(CN)[nH]3)c2c1. The third kappa shape index (κ3) is 2.38. The first-order chi connectivity index (χ1) is 9.80. The van der Waals surface area contributed by atoms with Gasteiger partial charge >= 0.3 is 0 Å². The highest BCUT2D eigenvalue weighted by atomic mass is 16.5. The molecule has 0 spiro atoms. The molecule has 0 fully saturated rings. The van der Waals surface area contributed by atoms with Gasteiger partial charge < -0.3 is 15.5 Å². The molecule has 3 N–H and O–H groups in total. The number of imidazole rings is 1. The van der Waals surface area contributed by atoms with Gasteiger partial charge in [0.15, 0.2) is 0 Å². The van der Waals surface area contributed by atoms with Crippen molar-refractivity contribution in [2.24, 2.45) is 5.73 Å². The van der Waals surface area contributed by atoms with Crippen LogP contribution >= 0.6 is 0 Å². The molecule has 0 amide bonds. The number of methoxy groups -OCH3 is 1. The minimum Gasteiger partial charge on any atom is -0.497 e. The predicted octanol–water partition coefficient (Wildman–Crippen LogP) is 2.62. The molecule has 3 aromatic rings. The van der Waals surface area contributed by atoms with E-state index < -0.39 is 0 Å². The predicted molar refractivity (Wildman–Crippen MR) is 79.8 cm³/mol. The molecule has 0 atom stereocenters. The Bertz CT molecular complexity index is 733. The summed E-state index contributed by atoms with van der Waals surface area (Å²) in [7, 11) is 1.68. The summed E-state index contributed by atoms with van der Waals surface area (Å²) in [6.45, 7) is 0.483. The van der Waals surface area contributed by atoms with Crippen molar-refractivity contribution in [3.63, 3.8) is 0 Å². The molecule has 0 saturated carbocycles. The van der Waals surface area contributed by atoms with Crippen molar-refractivity contribution in [3.8, 4) is 5.75 Å². The zero-order valence-corrected chi connectivity index (χ0v) is 11.4. The van der Waals surface area contributed by atoms with Crippen LogP contribution in [-0.2, 0) is 13.0 Å². The smallest absolute Gasteiger partial charge is 0.119 e. The van der Waals surface area contributed by atoms with Crippen LogP contribution in [0, 0.1) is 0 Å². The summed E-state index contributed by atoms with van der Waals surface area (Å²) >= 11 is 0. The number of fused-ring (bicyclic) bond motifs is 1. The maximum atomic E-state index is 5.60. The van der Waals surface area contributed by atoms with Crippen molar-refractivity contribution in [3.05, 3.63) is 59.7 Å². The maximum Gasteiger partial charge on any atom is 0.119 e. The third-order valence-corrected chi connectivity index (χ3v) is 3.44. The summed E-state index contributed by atoms with van der Waals surface area (Å²) in [4.78, 5) is 7.60. The molecule has 2 aromatic carbocycles. The summed E-state index contributed by atoms with van der Waals surface area (Å²) < 4.78 is 5.31. The molecule has 102 valence electrons. The van der Waals surface area contributed by atoms with Gasteiger partial charge in [0.1, 0.15) is 11.6 Å². The Labute approximate surface area is 117 Å². The number of nitrogens with two attached hydrogens (primary N) is 1. The summed E-state index contributed by atoms with van der Waals surface area (Å²) in [5.41, 5.74) is 7.78. The lowest BCUT2D eigenvalue weighted by Crippen LogP contribution is -1.97. The Morgan fingerprint density at radius 1 is 1.25 bits per heavy atom. The second kappa shape index (κ2) is 5.35. The first-order valence-corrected chi connectivity index (χ1v) is 6.58. The number of rotatable bonds is 4. The van der Waals surface area contributed by atoms with Crippen LogP contribution in [0.3, 0.4) is 0 Å². The number of nitrogens with zero attached hydrogens (tertiary/aromatic N) is 1. The summed E-state index contributed by atoms with van der Waals surface area (Å²) in [6.07, 6.45) is 2.55. The van der Waals surface area contributed by atoms with E-state index in [9.17, 15) is 0 Å². The number of hydrogen-bond donors (Lipinski definition) is 2. The molecular weight excluding hydrogens is 250 g/mol. The molecular formula is C16H17N3O. The molecule has 3 rings (SSSR count). The Morgan fingerprint density at radius 3 is 2.90 bits per heavy atom. The quantitative estimate of drug-likeness (QED) is 0.763. The van der Waals surface area contributed by atoms with E-state index in [2.05, 4.69) is 40.3 Å². The van der Waals surface area contributed by atoms with Crippen molar-refractivity contribution < 1.29 is 4.74 Å². The van der Waals surface area contributed by atoms with Gasteiger partial charge in [-0.25, -0.2) is 4.98 Å². The van der Waals surface area contributed by atoms with Gasteiger partial charge in [-0.2, -0.15) is 0 Å². The van der Waals surface area contributed by atoms with Crippen molar-refractivity contribution >= 4 is 10.8 Å². The van der Waals surface area contributed by atoms with Crippen LogP contribution in [-0.4, -0.2) is 17.1 Å². The molecule has 4 nitrogen and oxygen atoms in total. The number of benzene rings is 2. The highest BCUT2D eigenvalue weighted by molar-refractivity contribution is 5.87. The average Bonchev–Trinajstić information content (AvgIpc) is 2.95. The van der Waals surface area contributed by atoms with Crippen molar-refractivity contribution in [2.75, 3.05) is 7.11 Å². The molecule has 0 aliphatic rings. The van der Waals surface area contributed by atoms with Crippen molar-refractivity contribution in [2.45, 2.75) is 13.0 Å². The molecule has 4 heteroatoms. The first kappa shape index (κ1) is 12.7. The zero-order valence-electron chi connectivity index (χ0n) is 11.4. The highest BCUT2D eigenvalue weighted by Gasteiger charge is 2.06. The average molecular weight is 267 g/mol. The van der Waals surface area contributed by atoms with Crippen molar-refractivity contribution in [1.29, 1.82) is 0 Å². The Morgan fingerprint density at radius 2 is 2.15 bits per heavy atom. The van der Waals surface area contributed by atoms with Crippen LogP contribution in [0.15, 0.2) is 42.6 Å². The zero-order chi connectivity index (χ0) is 13.9. The normalized spacial score (nSPS) is 10.9. The van der Waals surface area contributed by atoms with Gasteiger partial charge in [0, 0.05) is 24.9 Å². The van der Waals surface area contributed by atoms with Gasteiger partial charge in [-0.1, -0.05) is 24.3 Å². The van der Waals surface area contributed by atoms with E-state index in [1.165, 1.54) is 16.3 Å². The van der Waals surface area contributed by atoms with E-state index >= 15 is 0 Å². The number of aromatic nitrogens is 2. The Hall–Kier alpha value is -2.33. The fourth-order valence-electron chi connectivity index (χ4n) is 2.38. The van der Waals surface area contributed by atoms with E-state index in [-0.39, 0.29) is 0 Å². The Kier molecular flexibility index (Phi) is 3.39. The molecule has 1 heterocycles.